The Labute approximate surface area is 134 Å². The van der Waals surface area contributed by atoms with Gasteiger partial charge >= 0.3 is 12.0 Å². The van der Waals surface area contributed by atoms with Crippen molar-refractivity contribution >= 4 is 58.4 Å². The van der Waals surface area contributed by atoms with Crippen LogP contribution in [0.3, 0.4) is 0 Å². The molecule has 0 aromatic carbocycles. The number of ether oxygens (including phenoxy) is 1. The molecule has 0 saturated carbocycles. The first-order valence-corrected chi connectivity index (χ1v) is 6.69. The molecule has 7 nitrogen and oxygen atoms in total. The Morgan fingerprint density at radius 1 is 1.33 bits per heavy atom. The van der Waals surface area contributed by atoms with Crippen LogP contribution in [0.5, 0.6) is 0 Å². The number of esters is 1. The van der Waals surface area contributed by atoms with Gasteiger partial charge in [0.15, 0.2) is 0 Å². The lowest BCUT2D eigenvalue weighted by Gasteiger charge is -2.12. The highest BCUT2D eigenvalue weighted by Crippen LogP contribution is 2.25. The lowest BCUT2D eigenvalue weighted by Crippen LogP contribution is -2.41. The largest absolute Gasteiger partial charge is 0.462 e. The molecular weight excluding hydrogens is 344 g/mol. The molecule has 3 amide bonds. The predicted molar refractivity (Wildman–Crippen MR) is 77.6 cm³/mol. The summed E-state index contributed by atoms with van der Waals surface area (Å²) in [6.45, 7) is 1.79. The van der Waals surface area contributed by atoms with E-state index in [1.54, 1.807) is 6.92 Å². The molecule has 1 rings (SSSR count). The molecule has 0 fully saturated rings. The molecule has 0 radical (unpaired) electrons. The summed E-state index contributed by atoms with van der Waals surface area (Å²) in [5.41, 5.74) is 0.119. The molecule has 0 aliphatic rings. The number of carbonyl (C=O) groups is 3. The van der Waals surface area contributed by atoms with Crippen molar-refractivity contribution in [1.29, 1.82) is 0 Å². The van der Waals surface area contributed by atoms with Crippen LogP contribution in [0.25, 0.3) is 0 Å². The highest BCUT2D eigenvalue weighted by atomic mass is 35.6. The molecule has 0 atom stereocenters. The van der Waals surface area contributed by atoms with Crippen LogP contribution in [0, 0.1) is 0 Å². The smallest absolute Gasteiger partial charge is 0.341 e. The van der Waals surface area contributed by atoms with Crippen LogP contribution in [0.15, 0.2) is 18.5 Å². The third kappa shape index (κ3) is 5.37. The quantitative estimate of drug-likeness (QED) is 0.641. The van der Waals surface area contributed by atoms with Crippen molar-refractivity contribution in [3.8, 4) is 0 Å². The molecule has 0 unspecified atom stereocenters. The number of rotatable bonds is 3. The van der Waals surface area contributed by atoms with Crippen LogP contribution in [-0.4, -0.2) is 33.3 Å². The van der Waals surface area contributed by atoms with Crippen LogP contribution in [0.1, 0.15) is 17.3 Å². The maximum Gasteiger partial charge on any atom is 0.341 e. The third-order valence-electron chi connectivity index (χ3n) is 2.05. The molecule has 21 heavy (non-hydrogen) atoms. The molecule has 1 aromatic rings. The zero-order chi connectivity index (χ0) is 16.0. The SMILES string of the molecule is CCOC(=O)c1cnccc1NC(=O)NC(=O)C(Cl)(Cl)Cl. The van der Waals surface area contributed by atoms with E-state index in [1.807, 2.05) is 5.32 Å². The molecule has 0 aliphatic carbocycles. The second-order valence-corrected chi connectivity index (χ2v) is 5.83. The number of carbonyl (C=O) groups excluding carboxylic acids is 3. The van der Waals surface area contributed by atoms with Crippen molar-refractivity contribution < 1.29 is 19.1 Å². The minimum Gasteiger partial charge on any atom is -0.462 e. The highest BCUT2D eigenvalue weighted by molar-refractivity contribution is 6.76. The molecule has 1 heterocycles. The van der Waals surface area contributed by atoms with Gasteiger partial charge in [-0.2, -0.15) is 0 Å². The number of urea groups is 1. The van der Waals surface area contributed by atoms with E-state index in [0.717, 1.165) is 0 Å². The van der Waals surface area contributed by atoms with Gasteiger partial charge in [0.25, 0.3) is 9.70 Å². The molecule has 0 saturated heterocycles. The van der Waals surface area contributed by atoms with Gasteiger partial charge < -0.3 is 10.1 Å². The van der Waals surface area contributed by atoms with Crippen molar-refractivity contribution in [3.63, 3.8) is 0 Å². The van der Waals surface area contributed by atoms with E-state index in [9.17, 15) is 14.4 Å². The topological polar surface area (TPSA) is 97.4 Å². The monoisotopic (exact) mass is 353 g/mol. The molecule has 0 spiro atoms. The number of nitrogens with one attached hydrogen (secondary N) is 2. The summed E-state index contributed by atoms with van der Waals surface area (Å²) in [6.07, 6.45) is 2.56. The Morgan fingerprint density at radius 3 is 2.57 bits per heavy atom. The van der Waals surface area contributed by atoms with Gasteiger partial charge in [0.05, 0.1) is 12.3 Å². The Kier molecular flexibility index (Phi) is 6.19. The number of alkyl halides is 3. The number of pyridine rings is 1. The summed E-state index contributed by atoms with van der Waals surface area (Å²) in [5.74, 6) is -1.80. The van der Waals surface area contributed by atoms with Gasteiger partial charge in [-0.1, -0.05) is 34.8 Å². The summed E-state index contributed by atoms with van der Waals surface area (Å²) in [6, 6.07) is 0.383. The normalized spacial score (nSPS) is 10.7. The molecule has 10 heteroatoms. The molecule has 0 bridgehead atoms. The Bertz CT molecular complexity index is 560. The Morgan fingerprint density at radius 2 is 2.00 bits per heavy atom. The lowest BCUT2D eigenvalue weighted by molar-refractivity contribution is -0.119. The van der Waals surface area contributed by atoms with Crippen LogP contribution in [0.4, 0.5) is 10.5 Å². The van der Waals surface area contributed by atoms with E-state index in [-0.39, 0.29) is 17.9 Å². The summed E-state index contributed by atoms with van der Waals surface area (Å²) < 4.78 is 2.53. The number of anilines is 1. The van der Waals surface area contributed by atoms with Gasteiger partial charge in [0.1, 0.15) is 5.56 Å². The maximum absolute atomic E-state index is 11.7. The maximum atomic E-state index is 11.7. The summed E-state index contributed by atoms with van der Waals surface area (Å²) >= 11 is 15.9. The van der Waals surface area contributed by atoms with Gasteiger partial charge in [-0.3, -0.25) is 15.1 Å². The summed E-state index contributed by atoms with van der Waals surface area (Å²) in [7, 11) is 0. The van der Waals surface area contributed by atoms with Crippen molar-refractivity contribution in [2.45, 2.75) is 10.7 Å². The zero-order valence-electron chi connectivity index (χ0n) is 10.7. The van der Waals surface area contributed by atoms with Crippen LogP contribution in [-0.2, 0) is 9.53 Å². The van der Waals surface area contributed by atoms with E-state index in [0.29, 0.717) is 0 Å². The van der Waals surface area contributed by atoms with Gasteiger partial charge in [-0.05, 0) is 13.0 Å². The standard InChI is InChI=1S/C11H10Cl3N3O4/c1-2-21-8(18)6-5-15-4-3-7(6)16-10(20)17-9(19)11(12,13)14/h3-5H,2H2,1H3,(H2,15,16,17,19,20). The van der Waals surface area contributed by atoms with Gasteiger partial charge in [-0.25, -0.2) is 9.59 Å². The number of hydrogen-bond acceptors (Lipinski definition) is 5. The van der Waals surface area contributed by atoms with E-state index in [1.165, 1.54) is 18.5 Å². The van der Waals surface area contributed by atoms with Gasteiger partial charge in [-0.15, -0.1) is 0 Å². The van der Waals surface area contributed by atoms with Crippen LogP contribution >= 0.6 is 34.8 Å². The average molecular weight is 355 g/mol. The summed E-state index contributed by atoms with van der Waals surface area (Å²) in [5, 5.41) is 4.07. The van der Waals surface area contributed by atoms with Crippen molar-refractivity contribution in [2.75, 3.05) is 11.9 Å². The first-order valence-electron chi connectivity index (χ1n) is 5.56. The average Bonchev–Trinajstić information content (AvgIpc) is 2.38. The Balaban J connectivity index is 2.82. The van der Waals surface area contributed by atoms with Crippen molar-refractivity contribution in [3.05, 3.63) is 24.0 Å². The predicted octanol–water partition coefficient (Wildman–Crippen LogP) is 2.28. The Hall–Kier alpha value is -1.57. The molecule has 2 N–H and O–H groups in total. The second kappa shape index (κ2) is 7.44. The van der Waals surface area contributed by atoms with Crippen LogP contribution in [0.2, 0.25) is 0 Å². The van der Waals surface area contributed by atoms with E-state index in [4.69, 9.17) is 39.5 Å². The number of halogens is 3. The molecular formula is C11H10Cl3N3O4. The number of amides is 3. The van der Waals surface area contributed by atoms with Gasteiger partial charge in [0, 0.05) is 12.4 Å². The van der Waals surface area contributed by atoms with E-state index < -0.39 is 21.7 Å². The fourth-order valence-electron chi connectivity index (χ4n) is 1.20. The minimum atomic E-state index is -2.28. The molecule has 114 valence electrons. The summed E-state index contributed by atoms with van der Waals surface area (Å²) in [4.78, 5) is 38.3. The zero-order valence-corrected chi connectivity index (χ0v) is 12.9. The fraction of sp³-hybridized carbons (Fsp3) is 0.273. The first-order chi connectivity index (χ1) is 9.75. The number of hydrogen-bond donors (Lipinski definition) is 2. The van der Waals surface area contributed by atoms with E-state index in [2.05, 4.69) is 10.3 Å². The molecule has 0 aliphatic heterocycles. The highest BCUT2D eigenvalue weighted by Gasteiger charge is 2.32. The molecule has 1 aromatic heterocycles. The van der Waals surface area contributed by atoms with Crippen LogP contribution < -0.4 is 10.6 Å². The van der Waals surface area contributed by atoms with Gasteiger partial charge in [0.2, 0.25) is 0 Å². The lowest BCUT2D eigenvalue weighted by atomic mass is 10.2. The third-order valence-corrected chi connectivity index (χ3v) is 2.56. The fourth-order valence-corrected chi connectivity index (χ4v) is 1.34. The van der Waals surface area contributed by atoms with E-state index >= 15 is 0 Å². The first kappa shape index (κ1) is 17.5. The van der Waals surface area contributed by atoms with Crippen molar-refractivity contribution in [1.82, 2.24) is 10.3 Å². The second-order valence-electron chi connectivity index (χ2n) is 3.55. The van der Waals surface area contributed by atoms with Crippen molar-refractivity contribution in [2.24, 2.45) is 0 Å². The minimum absolute atomic E-state index is 0.0239. The number of nitrogens with zero attached hydrogens (tertiary/aromatic N) is 1. The number of aromatic nitrogens is 1. The number of imide groups is 1.